The van der Waals surface area contributed by atoms with Crippen molar-refractivity contribution in [3.05, 3.63) is 35.6 Å². The normalized spacial score (nSPS) is 23.9. The summed E-state index contributed by atoms with van der Waals surface area (Å²) in [5, 5.41) is 2.85. The predicted octanol–water partition coefficient (Wildman–Crippen LogP) is 2.16. The van der Waals surface area contributed by atoms with Crippen molar-refractivity contribution < 1.29 is 9.18 Å². The van der Waals surface area contributed by atoms with E-state index in [2.05, 4.69) is 10.2 Å². The van der Waals surface area contributed by atoms with Crippen LogP contribution in [0.1, 0.15) is 24.8 Å². The maximum atomic E-state index is 13.8. The van der Waals surface area contributed by atoms with E-state index >= 15 is 0 Å². The number of rotatable bonds is 3. The Balaban J connectivity index is 1.75. The molecule has 1 unspecified atom stereocenters. The molecule has 2 amide bonds. The van der Waals surface area contributed by atoms with Gasteiger partial charge < -0.3 is 10.2 Å². The Morgan fingerprint density at radius 2 is 2.10 bits per heavy atom. The predicted molar refractivity (Wildman–Crippen MR) is 74.6 cm³/mol. The summed E-state index contributed by atoms with van der Waals surface area (Å²) in [4.78, 5) is 16.0. The van der Waals surface area contributed by atoms with Crippen LogP contribution in [0.4, 0.5) is 9.18 Å². The van der Waals surface area contributed by atoms with Gasteiger partial charge in [-0.1, -0.05) is 18.2 Å². The Labute approximate surface area is 118 Å². The molecule has 108 valence electrons. The van der Waals surface area contributed by atoms with Gasteiger partial charge in [-0.15, -0.1) is 0 Å². The first-order valence-electron chi connectivity index (χ1n) is 7.27. The van der Waals surface area contributed by atoms with Crippen LogP contribution in [0.3, 0.4) is 0 Å². The van der Waals surface area contributed by atoms with E-state index in [0.29, 0.717) is 18.7 Å². The van der Waals surface area contributed by atoms with Crippen molar-refractivity contribution in [3.63, 3.8) is 0 Å². The Kier molecular flexibility index (Phi) is 3.87. The molecule has 1 N–H and O–H groups in total. The first kappa shape index (κ1) is 13.4. The fraction of sp³-hybridized carbons (Fsp3) is 0.533. The third-order valence-electron chi connectivity index (χ3n) is 4.16. The summed E-state index contributed by atoms with van der Waals surface area (Å²) < 4.78 is 13.8. The minimum Gasteiger partial charge on any atom is -0.336 e. The molecule has 0 bridgehead atoms. The molecule has 1 aromatic rings. The molecule has 0 aliphatic carbocycles. The summed E-state index contributed by atoms with van der Waals surface area (Å²) in [7, 11) is 0. The molecule has 2 aliphatic heterocycles. The fourth-order valence-corrected chi connectivity index (χ4v) is 3.13. The van der Waals surface area contributed by atoms with Gasteiger partial charge in [-0.25, -0.2) is 9.18 Å². The van der Waals surface area contributed by atoms with E-state index in [4.69, 9.17) is 0 Å². The van der Waals surface area contributed by atoms with Crippen LogP contribution in [-0.2, 0) is 6.54 Å². The highest BCUT2D eigenvalue weighted by molar-refractivity contribution is 5.76. The van der Waals surface area contributed by atoms with Crippen LogP contribution < -0.4 is 5.32 Å². The average Bonchev–Trinajstić information content (AvgIpc) is 2.88. The van der Waals surface area contributed by atoms with Gasteiger partial charge in [0.05, 0.1) is 6.17 Å². The van der Waals surface area contributed by atoms with Crippen LogP contribution in [0, 0.1) is 5.82 Å². The van der Waals surface area contributed by atoms with Crippen molar-refractivity contribution >= 4 is 6.03 Å². The van der Waals surface area contributed by atoms with E-state index < -0.39 is 0 Å². The molecule has 2 fully saturated rings. The number of urea groups is 1. The van der Waals surface area contributed by atoms with Gasteiger partial charge in [0.25, 0.3) is 0 Å². The van der Waals surface area contributed by atoms with Gasteiger partial charge in [0.15, 0.2) is 0 Å². The molecule has 0 spiro atoms. The Bertz CT molecular complexity index is 494. The number of nitrogens with zero attached hydrogens (tertiary/aromatic N) is 2. The molecule has 1 aromatic carbocycles. The number of benzene rings is 1. The van der Waals surface area contributed by atoms with Crippen molar-refractivity contribution in [1.29, 1.82) is 0 Å². The standard InChI is InChI=1S/C15H20FN3O/c16-13-6-2-1-5-12(13)11-18-9-4-3-7-14(18)19-10-8-17-15(19)20/h1-2,5-6,14H,3-4,7-11H2,(H,17,20). The highest BCUT2D eigenvalue weighted by Gasteiger charge is 2.33. The molecule has 2 aliphatic rings. The Hall–Kier alpha value is -1.62. The molecule has 0 radical (unpaired) electrons. The maximum Gasteiger partial charge on any atom is 0.318 e. The van der Waals surface area contributed by atoms with E-state index in [0.717, 1.165) is 32.4 Å². The van der Waals surface area contributed by atoms with Crippen molar-refractivity contribution in [3.8, 4) is 0 Å². The molecule has 5 heteroatoms. The van der Waals surface area contributed by atoms with Crippen LogP contribution in [0.25, 0.3) is 0 Å². The summed E-state index contributed by atoms with van der Waals surface area (Å²) in [5.74, 6) is -0.164. The third kappa shape index (κ3) is 2.63. The summed E-state index contributed by atoms with van der Waals surface area (Å²) >= 11 is 0. The fourth-order valence-electron chi connectivity index (χ4n) is 3.13. The second-order valence-electron chi connectivity index (χ2n) is 5.46. The number of nitrogens with one attached hydrogen (secondary N) is 1. The van der Waals surface area contributed by atoms with Gasteiger partial charge in [0.2, 0.25) is 0 Å². The topological polar surface area (TPSA) is 35.6 Å². The van der Waals surface area contributed by atoms with E-state index in [9.17, 15) is 9.18 Å². The zero-order valence-corrected chi connectivity index (χ0v) is 11.5. The number of hydrogen-bond donors (Lipinski definition) is 1. The lowest BCUT2D eigenvalue weighted by Gasteiger charge is -2.40. The number of amides is 2. The summed E-state index contributed by atoms with van der Waals surface area (Å²) in [6.07, 6.45) is 3.32. The van der Waals surface area contributed by atoms with Crippen LogP contribution in [-0.4, -0.2) is 41.6 Å². The van der Waals surface area contributed by atoms with Gasteiger partial charge >= 0.3 is 6.03 Å². The van der Waals surface area contributed by atoms with Crippen LogP contribution in [0.5, 0.6) is 0 Å². The second kappa shape index (κ2) is 5.79. The van der Waals surface area contributed by atoms with Crippen molar-refractivity contribution in [1.82, 2.24) is 15.1 Å². The number of piperidine rings is 1. The quantitative estimate of drug-likeness (QED) is 0.919. The van der Waals surface area contributed by atoms with Crippen LogP contribution in [0.15, 0.2) is 24.3 Å². The van der Waals surface area contributed by atoms with E-state index in [1.165, 1.54) is 6.07 Å². The summed E-state index contributed by atoms with van der Waals surface area (Å²) in [5.41, 5.74) is 0.707. The van der Waals surface area contributed by atoms with Crippen molar-refractivity contribution in [2.45, 2.75) is 32.0 Å². The Morgan fingerprint density at radius 3 is 2.85 bits per heavy atom. The van der Waals surface area contributed by atoms with Gasteiger partial charge in [-0.3, -0.25) is 4.90 Å². The molecule has 1 atom stereocenters. The van der Waals surface area contributed by atoms with Crippen molar-refractivity contribution in [2.24, 2.45) is 0 Å². The average molecular weight is 277 g/mol. The molecular formula is C15H20FN3O. The van der Waals surface area contributed by atoms with E-state index in [-0.39, 0.29) is 18.0 Å². The van der Waals surface area contributed by atoms with Crippen LogP contribution >= 0.6 is 0 Å². The maximum absolute atomic E-state index is 13.8. The van der Waals surface area contributed by atoms with Gasteiger partial charge in [-0.05, 0) is 25.3 Å². The largest absolute Gasteiger partial charge is 0.336 e. The Morgan fingerprint density at radius 1 is 1.25 bits per heavy atom. The van der Waals surface area contributed by atoms with Crippen LogP contribution in [0.2, 0.25) is 0 Å². The first-order chi connectivity index (χ1) is 9.75. The molecule has 2 heterocycles. The van der Waals surface area contributed by atoms with Crippen molar-refractivity contribution in [2.75, 3.05) is 19.6 Å². The molecular weight excluding hydrogens is 257 g/mol. The SMILES string of the molecule is O=C1NCCN1C1CCCCN1Cc1ccccc1F. The lowest BCUT2D eigenvalue weighted by molar-refractivity contribution is 0.0412. The minimum atomic E-state index is -0.164. The highest BCUT2D eigenvalue weighted by atomic mass is 19.1. The number of carbonyl (C=O) groups excluding carboxylic acids is 1. The van der Waals surface area contributed by atoms with Gasteiger partial charge in [0, 0.05) is 31.7 Å². The van der Waals surface area contributed by atoms with Gasteiger partial charge in [-0.2, -0.15) is 0 Å². The third-order valence-corrected chi connectivity index (χ3v) is 4.16. The molecule has 3 rings (SSSR count). The molecule has 20 heavy (non-hydrogen) atoms. The number of carbonyl (C=O) groups is 1. The van der Waals surface area contributed by atoms with E-state index in [1.54, 1.807) is 6.07 Å². The molecule has 4 nitrogen and oxygen atoms in total. The van der Waals surface area contributed by atoms with Gasteiger partial charge in [0.1, 0.15) is 5.82 Å². The lowest BCUT2D eigenvalue weighted by Crippen LogP contribution is -2.51. The van der Waals surface area contributed by atoms with E-state index in [1.807, 2.05) is 17.0 Å². The molecule has 0 aromatic heterocycles. The zero-order chi connectivity index (χ0) is 13.9. The summed E-state index contributed by atoms with van der Waals surface area (Å²) in [6.45, 7) is 2.95. The highest BCUT2D eigenvalue weighted by Crippen LogP contribution is 2.24. The molecule has 0 saturated carbocycles. The zero-order valence-electron chi connectivity index (χ0n) is 11.5. The molecule has 2 saturated heterocycles. The minimum absolute atomic E-state index is 0.00966. The monoisotopic (exact) mass is 277 g/mol. The second-order valence-corrected chi connectivity index (χ2v) is 5.46. The summed E-state index contributed by atoms with van der Waals surface area (Å²) in [6, 6.07) is 6.90. The first-order valence-corrected chi connectivity index (χ1v) is 7.27. The number of likely N-dealkylation sites (tertiary alicyclic amines) is 1. The smallest absolute Gasteiger partial charge is 0.318 e. The number of halogens is 1. The lowest BCUT2D eigenvalue weighted by atomic mass is 10.1. The number of hydrogen-bond acceptors (Lipinski definition) is 2.